The van der Waals surface area contributed by atoms with Gasteiger partial charge in [-0.15, -0.1) is 0 Å². The van der Waals surface area contributed by atoms with Gasteiger partial charge in [0.2, 0.25) is 5.91 Å². The first-order chi connectivity index (χ1) is 9.64. The Hall–Kier alpha value is -1.40. The van der Waals surface area contributed by atoms with Gasteiger partial charge in [-0.05, 0) is 12.8 Å². The predicted molar refractivity (Wildman–Crippen MR) is 74.0 cm³/mol. The minimum atomic E-state index is -0.366. The summed E-state index contributed by atoms with van der Waals surface area (Å²) in [5, 5.41) is 7.03. The number of amides is 1. The molecule has 2 aliphatic heterocycles. The maximum Gasteiger partial charge on any atom is 0.229 e. The first kappa shape index (κ1) is 13.6. The van der Waals surface area contributed by atoms with Gasteiger partial charge < -0.3 is 10.1 Å². The van der Waals surface area contributed by atoms with Crippen molar-refractivity contribution < 1.29 is 9.53 Å². The second kappa shape index (κ2) is 5.18. The average molecular weight is 278 g/mol. The number of nitrogens with zero attached hydrogens (tertiary/aromatic N) is 3. The Labute approximate surface area is 119 Å². The van der Waals surface area contributed by atoms with E-state index in [1.807, 2.05) is 24.1 Å². The summed E-state index contributed by atoms with van der Waals surface area (Å²) in [6, 6.07) is 0. The number of likely N-dealkylation sites (tertiary alicyclic amines) is 1. The summed E-state index contributed by atoms with van der Waals surface area (Å²) < 4.78 is 7.60. The third-order valence-corrected chi connectivity index (χ3v) is 4.54. The summed E-state index contributed by atoms with van der Waals surface area (Å²) in [6.07, 6.45) is 5.75. The molecule has 110 valence electrons. The fourth-order valence-electron chi connectivity index (χ4n) is 3.55. The Bertz CT molecular complexity index is 501. The van der Waals surface area contributed by atoms with E-state index in [0.29, 0.717) is 6.61 Å². The molecule has 0 bridgehead atoms. The van der Waals surface area contributed by atoms with Crippen LogP contribution in [0.4, 0.5) is 0 Å². The molecule has 0 aromatic carbocycles. The number of fused-ring (bicyclic) bond motifs is 1. The smallest absolute Gasteiger partial charge is 0.229 e. The van der Waals surface area contributed by atoms with Crippen LogP contribution in [0.2, 0.25) is 0 Å². The fraction of sp³-hybridized carbons (Fsp3) is 0.714. The quantitative estimate of drug-likeness (QED) is 0.855. The van der Waals surface area contributed by atoms with E-state index < -0.39 is 0 Å². The van der Waals surface area contributed by atoms with Crippen molar-refractivity contribution in [2.24, 2.45) is 12.5 Å². The molecular formula is C14H22N4O2. The maximum absolute atomic E-state index is 12.3. The molecule has 2 aliphatic rings. The van der Waals surface area contributed by atoms with Gasteiger partial charge >= 0.3 is 0 Å². The Balaban J connectivity index is 1.74. The highest BCUT2D eigenvalue weighted by Gasteiger charge is 2.52. The average Bonchev–Trinajstić information content (AvgIpc) is 3.04. The molecule has 6 nitrogen and oxygen atoms in total. The van der Waals surface area contributed by atoms with Crippen molar-refractivity contribution >= 4 is 5.91 Å². The van der Waals surface area contributed by atoms with Crippen LogP contribution >= 0.6 is 0 Å². The molecule has 0 radical (unpaired) electrons. The summed E-state index contributed by atoms with van der Waals surface area (Å²) in [6.45, 7) is 3.28. The normalized spacial score (nSPS) is 30.2. The van der Waals surface area contributed by atoms with Crippen LogP contribution in [0, 0.1) is 5.41 Å². The summed E-state index contributed by atoms with van der Waals surface area (Å²) in [5.74, 6) is 0.121. The van der Waals surface area contributed by atoms with Crippen LogP contribution < -0.4 is 5.32 Å². The van der Waals surface area contributed by atoms with Crippen LogP contribution in [0.15, 0.2) is 12.4 Å². The van der Waals surface area contributed by atoms with Crippen molar-refractivity contribution in [1.82, 2.24) is 20.0 Å². The number of carbonyl (C=O) groups is 1. The highest BCUT2D eigenvalue weighted by atomic mass is 16.5. The SMILES string of the molecule is CNC(=O)[C@@]12CCO[C@@H]1CCN(Cc1cnn(C)c1)C2. The number of hydrogen-bond acceptors (Lipinski definition) is 4. The minimum Gasteiger partial charge on any atom is -0.377 e. The lowest BCUT2D eigenvalue weighted by molar-refractivity contribution is -0.139. The lowest BCUT2D eigenvalue weighted by Gasteiger charge is -2.42. The monoisotopic (exact) mass is 278 g/mol. The Morgan fingerprint density at radius 1 is 1.65 bits per heavy atom. The highest BCUT2D eigenvalue weighted by molar-refractivity contribution is 5.83. The topological polar surface area (TPSA) is 59.4 Å². The summed E-state index contributed by atoms with van der Waals surface area (Å²) >= 11 is 0. The largest absolute Gasteiger partial charge is 0.377 e. The number of piperidine rings is 1. The summed E-state index contributed by atoms with van der Waals surface area (Å²) in [4.78, 5) is 14.7. The molecule has 1 aromatic rings. The van der Waals surface area contributed by atoms with Crippen molar-refractivity contribution in [3.8, 4) is 0 Å². The second-order valence-electron chi connectivity index (χ2n) is 5.87. The van der Waals surface area contributed by atoms with E-state index in [0.717, 1.165) is 32.5 Å². The van der Waals surface area contributed by atoms with Crippen molar-refractivity contribution in [2.75, 3.05) is 26.7 Å². The highest BCUT2D eigenvalue weighted by Crippen LogP contribution is 2.41. The van der Waals surface area contributed by atoms with Gasteiger partial charge in [0.1, 0.15) is 0 Å². The van der Waals surface area contributed by atoms with Crippen LogP contribution in [-0.2, 0) is 23.1 Å². The van der Waals surface area contributed by atoms with Crippen LogP contribution in [0.3, 0.4) is 0 Å². The van der Waals surface area contributed by atoms with Crippen LogP contribution in [0.5, 0.6) is 0 Å². The van der Waals surface area contributed by atoms with Crippen LogP contribution in [0.25, 0.3) is 0 Å². The minimum absolute atomic E-state index is 0.0765. The van der Waals surface area contributed by atoms with E-state index in [9.17, 15) is 4.79 Å². The molecule has 3 heterocycles. The summed E-state index contributed by atoms with van der Waals surface area (Å²) in [7, 11) is 3.64. The molecule has 0 aliphatic carbocycles. The molecule has 1 aromatic heterocycles. The van der Waals surface area contributed by atoms with Gasteiger partial charge in [0.25, 0.3) is 0 Å². The molecule has 3 rings (SSSR count). The van der Waals surface area contributed by atoms with Gasteiger partial charge in [-0.2, -0.15) is 5.10 Å². The lowest BCUT2D eigenvalue weighted by Crippen LogP contribution is -2.56. The Morgan fingerprint density at radius 3 is 3.20 bits per heavy atom. The first-order valence-electron chi connectivity index (χ1n) is 7.18. The van der Waals surface area contributed by atoms with Gasteiger partial charge in [0.15, 0.2) is 0 Å². The molecule has 2 saturated heterocycles. The van der Waals surface area contributed by atoms with Crippen LogP contribution in [-0.4, -0.2) is 53.4 Å². The standard InChI is InChI=1S/C14H22N4O2/c1-15-13(19)14-4-6-20-12(14)3-5-18(10-14)9-11-7-16-17(2)8-11/h7-8,12H,3-6,9-10H2,1-2H3,(H,15,19)/t12-,14-/m1/s1. The molecule has 0 unspecified atom stereocenters. The van der Waals surface area contributed by atoms with Gasteiger partial charge in [-0.1, -0.05) is 0 Å². The van der Waals surface area contributed by atoms with Gasteiger partial charge in [0, 0.05) is 52.1 Å². The molecule has 20 heavy (non-hydrogen) atoms. The first-order valence-corrected chi connectivity index (χ1v) is 7.18. The zero-order valence-electron chi connectivity index (χ0n) is 12.1. The number of hydrogen-bond donors (Lipinski definition) is 1. The van der Waals surface area contributed by atoms with E-state index in [1.165, 1.54) is 5.56 Å². The van der Waals surface area contributed by atoms with Crippen molar-refractivity contribution in [3.63, 3.8) is 0 Å². The van der Waals surface area contributed by atoms with Crippen molar-refractivity contribution in [3.05, 3.63) is 18.0 Å². The molecule has 1 amide bonds. The van der Waals surface area contributed by atoms with Gasteiger partial charge in [-0.25, -0.2) is 0 Å². The van der Waals surface area contributed by atoms with Gasteiger partial charge in [0.05, 0.1) is 17.7 Å². The molecule has 1 N–H and O–H groups in total. The predicted octanol–water partition coefficient (Wildman–Crippen LogP) is 0.147. The number of ether oxygens (including phenoxy) is 1. The molecular weight excluding hydrogens is 256 g/mol. The number of aromatic nitrogens is 2. The molecule has 0 saturated carbocycles. The van der Waals surface area contributed by atoms with Crippen molar-refractivity contribution in [2.45, 2.75) is 25.5 Å². The maximum atomic E-state index is 12.3. The van der Waals surface area contributed by atoms with E-state index >= 15 is 0 Å². The fourth-order valence-corrected chi connectivity index (χ4v) is 3.55. The molecule has 0 spiro atoms. The van der Waals surface area contributed by atoms with Crippen molar-refractivity contribution in [1.29, 1.82) is 0 Å². The Kier molecular flexibility index (Phi) is 3.52. The third kappa shape index (κ3) is 2.23. The van der Waals surface area contributed by atoms with E-state index in [-0.39, 0.29) is 17.4 Å². The molecule has 2 atom stereocenters. The van der Waals surface area contributed by atoms with E-state index in [4.69, 9.17) is 4.74 Å². The van der Waals surface area contributed by atoms with E-state index in [1.54, 1.807) is 7.05 Å². The number of rotatable bonds is 3. The zero-order valence-corrected chi connectivity index (χ0v) is 12.1. The summed E-state index contributed by atoms with van der Waals surface area (Å²) in [5.41, 5.74) is 0.826. The molecule has 6 heteroatoms. The zero-order chi connectivity index (χ0) is 14.2. The Morgan fingerprint density at radius 2 is 2.50 bits per heavy atom. The number of carbonyl (C=O) groups excluding carboxylic acids is 1. The van der Waals surface area contributed by atoms with Gasteiger partial charge in [-0.3, -0.25) is 14.4 Å². The number of nitrogens with one attached hydrogen (secondary N) is 1. The third-order valence-electron chi connectivity index (χ3n) is 4.54. The van der Waals surface area contributed by atoms with E-state index in [2.05, 4.69) is 15.3 Å². The number of aryl methyl sites for hydroxylation is 1. The van der Waals surface area contributed by atoms with Crippen LogP contribution in [0.1, 0.15) is 18.4 Å². The molecule has 2 fully saturated rings. The lowest BCUT2D eigenvalue weighted by atomic mass is 9.75. The second-order valence-corrected chi connectivity index (χ2v) is 5.87.